The maximum atomic E-state index is 4.28. The number of pyridine rings is 1. The highest BCUT2D eigenvalue weighted by molar-refractivity contribution is 5.66. The van der Waals surface area contributed by atoms with Gasteiger partial charge in [-0.2, -0.15) is 0 Å². The van der Waals surface area contributed by atoms with Crippen LogP contribution in [0.25, 0.3) is 0 Å². The summed E-state index contributed by atoms with van der Waals surface area (Å²) in [6.07, 6.45) is 1.82. The quantitative estimate of drug-likeness (QED) is 0.688. The molecule has 70 valence electrons. The first-order chi connectivity index (χ1) is 6.27. The Morgan fingerprint density at radius 1 is 1.54 bits per heavy atom. The predicted molar refractivity (Wildman–Crippen MR) is 55.0 cm³/mol. The van der Waals surface area contributed by atoms with Crippen molar-refractivity contribution in [1.82, 2.24) is 4.98 Å². The van der Waals surface area contributed by atoms with Gasteiger partial charge in [0, 0.05) is 18.8 Å². The van der Waals surface area contributed by atoms with Gasteiger partial charge in [0.15, 0.2) is 0 Å². The maximum Gasteiger partial charge on any atom is 0.149 e. The molecule has 1 unspecified atom stereocenters. The highest BCUT2D eigenvalue weighted by Gasteiger charge is 2.19. The molecule has 3 heteroatoms. The zero-order valence-corrected chi connectivity index (χ0v) is 8.04. The average Bonchev–Trinajstić information content (AvgIpc) is 2.17. The van der Waals surface area contributed by atoms with Crippen molar-refractivity contribution in [2.75, 3.05) is 17.2 Å². The lowest BCUT2D eigenvalue weighted by Crippen LogP contribution is -2.37. The van der Waals surface area contributed by atoms with Crippen molar-refractivity contribution in [3.8, 4) is 0 Å². The molecule has 3 nitrogen and oxygen atoms in total. The van der Waals surface area contributed by atoms with E-state index < -0.39 is 0 Å². The van der Waals surface area contributed by atoms with Crippen molar-refractivity contribution in [3.05, 3.63) is 18.3 Å². The molecule has 0 bridgehead atoms. The van der Waals surface area contributed by atoms with E-state index in [0.717, 1.165) is 18.1 Å². The smallest absolute Gasteiger partial charge is 0.149 e. The fraction of sp³-hybridized carbons (Fsp3) is 0.500. The van der Waals surface area contributed by atoms with Crippen LogP contribution >= 0.6 is 0 Å². The van der Waals surface area contributed by atoms with Crippen LogP contribution in [0.15, 0.2) is 18.3 Å². The van der Waals surface area contributed by atoms with Gasteiger partial charge in [-0.25, -0.2) is 4.98 Å². The molecule has 1 aromatic heterocycles. The minimum atomic E-state index is 0.488. The molecule has 2 N–H and O–H groups in total. The Bertz CT molecular complexity index is 296. The zero-order chi connectivity index (χ0) is 9.26. The molecule has 1 aliphatic rings. The highest BCUT2D eigenvalue weighted by Crippen LogP contribution is 2.24. The molecule has 1 aliphatic heterocycles. The van der Waals surface area contributed by atoms with Crippen molar-refractivity contribution < 1.29 is 0 Å². The third-order valence-corrected chi connectivity index (χ3v) is 2.45. The molecule has 0 spiro atoms. The van der Waals surface area contributed by atoms with Crippen LogP contribution in [0.5, 0.6) is 0 Å². The SMILES string of the molecule is CC(C)C1CNc2cccnc2N1. The second-order valence-corrected chi connectivity index (χ2v) is 3.78. The van der Waals surface area contributed by atoms with Gasteiger partial charge in [-0.15, -0.1) is 0 Å². The number of aromatic nitrogens is 1. The summed E-state index contributed by atoms with van der Waals surface area (Å²) in [4.78, 5) is 4.28. The Labute approximate surface area is 78.6 Å². The molecule has 13 heavy (non-hydrogen) atoms. The molecular weight excluding hydrogens is 162 g/mol. The van der Waals surface area contributed by atoms with Gasteiger partial charge in [-0.1, -0.05) is 13.8 Å². The summed E-state index contributed by atoms with van der Waals surface area (Å²) < 4.78 is 0. The summed E-state index contributed by atoms with van der Waals surface area (Å²) in [5, 5.41) is 6.79. The van der Waals surface area contributed by atoms with E-state index in [4.69, 9.17) is 0 Å². The van der Waals surface area contributed by atoms with Crippen LogP contribution in [0, 0.1) is 5.92 Å². The topological polar surface area (TPSA) is 37.0 Å². The molecule has 2 rings (SSSR count). The minimum absolute atomic E-state index is 0.488. The Kier molecular flexibility index (Phi) is 2.08. The standard InChI is InChI=1S/C10H15N3/c1-7(2)9-6-12-8-4-3-5-11-10(8)13-9/h3-5,7,9,12H,6H2,1-2H3,(H,11,13). The Hall–Kier alpha value is -1.25. The van der Waals surface area contributed by atoms with Crippen LogP contribution in [0.1, 0.15) is 13.8 Å². The monoisotopic (exact) mass is 177 g/mol. The van der Waals surface area contributed by atoms with Crippen molar-refractivity contribution in [1.29, 1.82) is 0 Å². The molecule has 0 radical (unpaired) electrons. The average molecular weight is 177 g/mol. The van der Waals surface area contributed by atoms with Gasteiger partial charge in [0.25, 0.3) is 0 Å². The van der Waals surface area contributed by atoms with E-state index in [0.29, 0.717) is 12.0 Å². The molecule has 0 fully saturated rings. The maximum absolute atomic E-state index is 4.28. The van der Waals surface area contributed by atoms with Gasteiger partial charge >= 0.3 is 0 Å². The largest absolute Gasteiger partial charge is 0.380 e. The fourth-order valence-electron chi connectivity index (χ4n) is 1.51. The van der Waals surface area contributed by atoms with E-state index in [9.17, 15) is 0 Å². The van der Waals surface area contributed by atoms with E-state index in [-0.39, 0.29) is 0 Å². The van der Waals surface area contributed by atoms with Crippen LogP contribution in [0.3, 0.4) is 0 Å². The first-order valence-electron chi connectivity index (χ1n) is 4.73. The van der Waals surface area contributed by atoms with Crippen LogP contribution in [-0.4, -0.2) is 17.6 Å². The summed E-state index contributed by atoms with van der Waals surface area (Å²) in [6.45, 7) is 5.41. The highest BCUT2D eigenvalue weighted by atomic mass is 15.1. The Morgan fingerprint density at radius 2 is 2.38 bits per heavy atom. The Balaban J connectivity index is 2.20. The van der Waals surface area contributed by atoms with Crippen LogP contribution < -0.4 is 10.6 Å². The summed E-state index contributed by atoms with van der Waals surface area (Å²) in [7, 11) is 0. The van der Waals surface area contributed by atoms with Crippen LogP contribution in [0.2, 0.25) is 0 Å². The van der Waals surface area contributed by atoms with Gasteiger partial charge in [0.2, 0.25) is 0 Å². The van der Waals surface area contributed by atoms with E-state index in [1.165, 1.54) is 0 Å². The fourth-order valence-corrected chi connectivity index (χ4v) is 1.51. The molecule has 1 atom stereocenters. The van der Waals surface area contributed by atoms with E-state index in [1.807, 2.05) is 18.3 Å². The second kappa shape index (κ2) is 3.24. The van der Waals surface area contributed by atoms with Gasteiger partial charge in [0.05, 0.1) is 5.69 Å². The first kappa shape index (κ1) is 8.35. The van der Waals surface area contributed by atoms with Crippen LogP contribution in [-0.2, 0) is 0 Å². The molecule has 2 heterocycles. The molecule has 0 saturated heterocycles. The van der Waals surface area contributed by atoms with Gasteiger partial charge < -0.3 is 10.6 Å². The summed E-state index contributed by atoms with van der Waals surface area (Å²) in [5.74, 6) is 1.61. The molecule has 0 amide bonds. The molecule has 0 saturated carbocycles. The number of hydrogen-bond acceptors (Lipinski definition) is 3. The molecule has 0 aromatic carbocycles. The van der Waals surface area contributed by atoms with Crippen molar-refractivity contribution in [2.45, 2.75) is 19.9 Å². The number of nitrogens with zero attached hydrogens (tertiary/aromatic N) is 1. The first-order valence-corrected chi connectivity index (χ1v) is 4.73. The number of hydrogen-bond donors (Lipinski definition) is 2. The van der Waals surface area contributed by atoms with E-state index >= 15 is 0 Å². The van der Waals surface area contributed by atoms with Crippen molar-refractivity contribution in [3.63, 3.8) is 0 Å². The third kappa shape index (κ3) is 1.59. The zero-order valence-electron chi connectivity index (χ0n) is 8.04. The number of rotatable bonds is 1. The minimum Gasteiger partial charge on any atom is -0.380 e. The van der Waals surface area contributed by atoms with E-state index in [1.54, 1.807) is 0 Å². The lowest BCUT2D eigenvalue weighted by molar-refractivity contribution is 0.534. The van der Waals surface area contributed by atoms with Gasteiger partial charge in [-0.05, 0) is 18.1 Å². The van der Waals surface area contributed by atoms with Gasteiger partial charge in [0.1, 0.15) is 5.82 Å². The normalized spacial score (nSPS) is 20.4. The molecular formula is C10H15N3. The molecule has 0 aliphatic carbocycles. The molecule has 1 aromatic rings. The number of nitrogens with one attached hydrogen (secondary N) is 2. The number of anilines is 2. The Morgan fingerprint density at radius 3 is 3.15 bits per heavy atom. The van der Waals surface area contributed by atoms with E-state index in [2.05, 4.69) is 29.5 Å². The lowest BCUT2D eigenvalue weighted by atomic mass is 10.0. The summed E-state index contributed by atoms with van der Waals surface area (Å²) >= 11 is 0. The van der Waals surface area contributed by atoms with Crippen LogP contribution in [0.4, 0.5) is 11.5 Å². The number of fused-ring (bicyclic) bond motifs is 1. The summed E-state index contributed by atoms with van der Waals surface area (Å²) in [5.41, 5.74) is 1.11. The van der Waals surface area contributed by atoms with Crippen molar-refractivity contribution in [2.24, 2.45) is 5.92 Å². The van der Waals surface area contributed by atoms with Gasteiger partial charge in [-0.3, -0.25) is 0 Å². The second-order valence-electron chi connectivity index (χ2n) is 3.78. The van der Waals surface area contributed by atoms with Crippen molar-refractivity contribution >= 4 is 11.5 Å². The lowest BCUT2D eigenvalue weighted by Gasteiger charge is -2.29. The predicted octanol–water partition coefficient (Wildman–Crippen LogP) is 1.94. The summed E-state index contributed by atoms with van der Waals surface area (Å²) in [6, 6.07) is 4.48. The third-order valence-electron chi connectivity index (χ3n) is 2.45.